The monoisotopic (exact) mass is 384 g/mol. The zero-order valence-corrected chi connectivity index (χ0v) is 16.3. The number of hydrogen-bond acceptors (Lipinski definition) is 5. The van der Waals surface area contributed by atoms with Gasteiger partial charge in [-0.25, -0.2) is 4.98 Å². The second kappa shape index (κ2) is 8.87. The predicted molar refractivity (Wildman–Crippen MR) is 107 cm³/mol. The summed E-state index contributed by atoms with van der Waals surface area (Å²) < 4.78 is 6.21. The lowest BCUT2D eigenvalue weighted by Gasteiger charge is -2.07. The van der Waals surface area contributed by atoms with Crippen molar-refractivity contribution >= 4 is 29.0 Å². The molecule has 3 rings (SSSR count). The Hall–Kier alpha value is -2.31. The van der Waals surface area contributed by atoms with Crippen LogP contribution >= 0.6 is 23.1 Å². The summed E-state index contributed by atoms with van der Waals surface area (Å²) in [5, 5.41) is 4.99. The first-order chi connectivity index (χ1) is 12.6. The summed E-state index contributed by atoms with van der Waals surface area (Å²) in [5.74, 6) is 1.58. The van der Waals surface area contributed by atoms with Crippen molar-refractivity contribution in [3.8, 4) is 5.75 Å². The van der Waals surface area contributed by atoms with E-state index in [1.54, 1.807) is 30.2 Å². The maximum Gasteiger partial charge on any atom is 0.251 e. The number of thiazole rings is 1. The minimum Gasteiger partial charge on any atom is -0.497 e. The second-order valence-electron chi connectivity index (χ2n) is 5.77. The van der Waals surface area contributed by atoms with Gasteiger partial charge in [0.15, 0.2) is 0 Å². The van der Waals surface area contributed by atoms with Crippen molar-refractivity contribution in [2.24, 2.45) is 0 Å². The second-order valence-corrected chi connectivity index (χ2v) is 7.85. The lowest BCUT2D eigenvalue weighted by Crippen LogP contribution is -2.22. The number of nitrogens with zero attached hydrogens (tertiary/aromatic N) is 1. The summed E-state index contributed by atoms with van der Waals surface area (Å²) in [5.41, 5.74) is 3.93. The van der Waals surface area contributed by atoms with Crippen molar-refractivity contribution in [3.05, 3.63) is 76.3 Å². The van der Waals surface area contributed by atoms with Gasteiger partial charge in [0.05, 0.1) is 7.11 Å². The van der Waals surface area contributed by atoms with Gasteiger partial charge in [-0.1, -0.05) is 36.0 Å². The highest BCUT2D eigenvalue weighted by Crippen LogP contribution is 2.26. The Bertz CT molecular complexity index is 858. The lowest BCUT2D eigenvalue weighted by atomic mass is 10.1. The van der Waals surface area contributed by atoms with Gasteiger partial charge in [0.2, 0.25) is 0 Å². The number of amides is 1. The Morgan fingerprint density at radius 2 is 1.81 bits per heavy atom. The Balaban J connectivity index is 1.51. The van der Waals surface area contributed by atoms with E-state index in [1.807, 2.05) is 55.5 Å². The van der Waals surface area contributed by atoms with Gasteiger partial charge >= 0.3 is 0 Å². The van der Waals surface area contributed by atoms with Crippen LogP contribution in [-0.4, -0.2) is 18.0 Å². The van der Waals surface area contributed by atoms with Crippen molar-refractivity contribution in [1.82, 2.24) is 10.3 Å². The molecule has 0 fully saturated rings. The molecule has 6 heteroatoms. The van der Waals surface area contributed by atoms with E-state index in [-0.39, 0.29) is 5.91 Å². The minimum atomic E-state index is -0.0735. The molecule has 0 saturated heterocycles. The summed E-state index contributed by atoms with van der Waals surface area (Å²) in [6.45, 7) is 2.49. The first-order valence-electron chi connectivity index (χ1n) is 8.19. The van der Waals surface area contributed by atoms with Crippen molar-refractivity contribution in [2.45, 2.75) is 23.6 Å². The summed E-state index contributed by atoms with van der Waals surface area (Å²) >= 11 is 3.38. The fourth-order valence-electron chi connectivity index (χ4n) is 2.32. The van der Waals surface area contributed by atoms with Crippen molar-refractivity contribution in [1.29, 1.82) is 0 Å². The van der Waals surface area contributed by atoms with Crippen LogP contribution in [0.15, 0.2) is 58.3 Å². The Kier molecular flexibility index (Phi) is 6.30. The third-order valence-corrected chi connectivity index (χ3v) is 6.00. The quantitative estimate of drug-likeness (QED) is 0.601. The van der Waals surface area contributed by atoms with Gasteiger partial charge in [-0.2, -0.15) is 0 Å². The van der Waals surface area contributed by atoms with Crippen LogP contribution in [0.25, 0.3) is 0 Å². The van der Waals surface area contributed by atoms with E-state index < -0.39 is 0 Å². The van der Waals surface area contributed by atoms with Crippen LogP contribution in [0.2, 0.25) is 0 Å². The molecule has 0 atom stereocenters. The standard InChI is InChI=1S/C20H20N2O2S2/c1-14-12-25-20(22-14)26-13-16-3-7-17(8-4-16)19(23)21-11-15-5-9-18(24-2)10-6-15/h3-10,12H,11,13H2,1-2H3,(H,21,23). The Morgan fingerprint density at radius 1 is 1.12 bits per heavy atom. The fraction of sp³-hybridized carbons (Fsp3) is 0.200. The molecule has 1 heterocycles. The summed E-state index contributed by atoms with van der Waals surface area (Å²) in [4.78, 5) is 16.7. The van der Waals surface area contributed by atoms with Crippen LogP contribution in [0.1, 0.15) is 27.2 Å². The SMILES string of the molecule is COc1ccc(CNC(=O)c2ccc(CSc3nc(C)cs3)cc2)cc1. The average molecular weight is 385 g/mol. The third-order valence-electron chi connectivity index (χ3n) is 3.79. The minimum absolute atomic E-state index is 0.0735. The topological polar surface area (TPSA) is 51.2 Å². The van der Waals surface area contributed by atoms with E-state index in [2.05, 4.69) is 15.7 Å². The van der Waals surface area contributed by atoms with Gasteiger partial charge in [-0.05, 0) is 42.3 Å². The molecular weight excluding hydrogens is 364 g/mol. The van der Waals surface area contributed by atoms with E-state index >= 15 is 0 Å². The van der Waals surface area contributed by atoms with Crippen LogP contribution < -0.4 is 10.1 Å². The number of carbonyl (C=O) groups is 1. The number of thioether (sulfide) groups is 1. The number of hydrogen-bond donors (Lipinski definition) is 1. The van der Waals surface area contributed by atoms with Gasteiger partial charge in [0.25, 0.3) is 5.91 Å². The van der Waals surface area contributed by atoms with Crippen molar-refractivity contribution in [2.75, 3.05) is 7.11 Å². The highest BCUT2D eigenvalue weighted by Gasteiger charge is 2.06. The number of methoxy groups -OCH3 is 1. The number of rotatable bonds is 7. The largest absolute Gasteiger partial charge is 0.497 e. The lowest BCUT2D eigenvalue weighted by molar-refractivity contribution is 0.0951. The molecule has 0 aliphatic rings. The van der Waals surface area contributed by atoms with E-state index in [0.29, 0.717) is 12.1 Å². The van der Waals surface area contributed by atoms with Crippen LogP contribution in [0.5, 0.6) is 5.75 Å². The number of nitrogens with one attached hydrogen (secondary N) is 1. The average Bonchev–Trinajstić information content (AvgIpc) is 3.10. The first kappa shape index (κ1) is 18.5. The molecule has 0 aliphatic carbocycles. The summed E-state index contributed by atoms with van der Waals surface area (Å²) in [7, 11) is 1.64. The zero-order chi connectivity index (χ0) is 18.4. The van der Waals surface area contributed by atoms with Gasteiger partial charge in [0, 0.05) is 28.9 Å². The Morgan fingerprint density at radius 3 is 2.42 bits per heavy atom. The van der Waals surface area contributed by atoms with E-state index in [4.69, 9.17) is 4.74 Å². The molecule has 0 radical (unpaired) electrons. The van der Waals surface area contributed by atoms with E-state index in [9.17, 15) is 4.79 Å². The van der Waals surface area contributed by atoms with Crippen LogP contribution in [-0.2, 0) is 12.3 Å². The number of ether oxygens (including phenoxy) is 1. The molecular formula is C20H20N2O2S2. The Labute approximate surface area is 161 Å². The predicted octanol–water partition coefficient (Wildman–Crippen LogP) is 4.68. The highest BCUT2D eigenvalue weighted by atomic mass is 32.2. The molecule has 0 spiro atoms. The van der Waals surface area contributed by atoms with Crippen molar-refractivity contribution < 1.29 is 9.53 Å². The van der Waals surface area contributed by atoms with Crippen LogP contribution in [0, 0.1) is 6.92 Å². The molecule has 134 valence electrons. The number of aryl methyl sites for hydroxylation is 1. The zero-order valence-electron chi connectivity index (χ0n) is 14.7. The molecule has 2 aromatic carbocycles. The maximum atomic E-state index is 12.3. The number of aromatic nitrogens is 1. The van der Waals surface area contributed by atoms with Gasteiger partial charge in [0.1, 0.15) is 10.1 Å². The van der Waals surface area contributed by atoms with Gasteiger partial charge in [-0.3, -0.25) is 4.79 Å². The normalized spacial score (nSPS) is 10.5. The van der Waals surface area contributed by atoms with Crippen LogP contribution in [0.3, 0.4) is 0 Å². The molecule has 3 aromatic rings. The molecule has 26 heavy (non-hydrogen) atoms. The van der Waals surface area contributed by atoms with Gasteiger partial charge < -0.3 is 10.1 Å². The fourth-order valence-corrected chi connectivity index (χ4v) is 4.13. The summed E-state index contributed by atoms with van der Waals surface area (Å²) in [6.07, 6.45) is 0. The summed E-state index contributed by atoms with van der Waals surface area (Å²) in [6, 6.07) is 15.4. The molecule has 1 N–H and O–H groups in total. The molecule has 0 saturated carbocycles. The maximum absolute atomic E-state index is 12.3. The molecule has 0 aliphatic heterocycles. The molecule has 1 amide bonds. The molecule has 4 nitrogen and oxygen atoms in total. The van der Waals surface area contributed by atoms with E-state index in [0.717, 1.165) is 27.1 Å². The molecule has 0 unspecified atom stereocenters. The number of carbonyl (C=O) groups excluding carboxylic acids is 1. The highest BCUT2D eigenvalue weighted by molar-refractivity contribution is 8.00. The third kappa shape index (κ3) is 5.09. The number of benzene rings is 2. The first-order valence-corrected chi connectivity index (χ1v) is 10.1. The molecule has 0 bridgehead atoms. The van der Waals surface area contributed by atoms with Crippen LogP contribution in [0.4, 0.5) is 0 Å². The van der Waals surface area contributed by atoms with Crippen molar-refractivity contribution in [3.63, 3.8) is 0 Å². The molecule has 1 aromatic heterocycles. The van der Waals surface area contributed by atoms with Gasteiger partial charge in [-0.15, -0.1) is 11.3 Å². The van der Waals surface area contributed by atoms with E-state index in [1.165, 1.54) is 5.56 Å². The smallest absolute Gasteiger partial charge is 0.251 e.